The number of unbranched alkanes of at least 4 members (excludes halogenated alkanes) is 28. The van der Waals surface area contributed by atoms with Crippen molar-refractivity contribution in [1.29, 1.82) is 0 Å². The number of carbonyl (C=O) groups is 2. The number of carboxylic acid groups (broad SMARTS) is 2. The van der Waals surface area contributed by atoms with Gasteiger partial charge in [0.25, 0.3) is 0 Å². The summed E-state index contributed by atoms with van der Waals surface area (Å²) in [6.45, 7) is 9.98. The molecule has 0 saturated carbocycles. The molecule has 0 saturated heterocycles. The number of hydrogen-bond donors (Lipinski definition) is 2. The average molecular weight is 1070 g/mol. The number of carboxylic acids is 2. The van der Waals surface area contributed by atoms with Crippen LogP contribution in [0, 0.1) is 0 Å². The molecule has 0 bridgehead atoms. The molecule has 0 amide bonds. The van der Waals surface area contributed by atoms with Gasteiger partial charge in [0.05, 0.1) is 33.1 Å². The second-order valence-electron chi connectivity index (χ2n) is 23.3. The normalized spacial score (nSPS) is 16.1. The molecule has 0 aliphatic carbocycles. The molecule has 4 rings (SSSR count). The van der Waals surface area contributed by atoms with Crippen molar-refractivity contribution in [3.8, 4) is 11.5 Å². The van der Waals surface area contributed by atoms with Crippen molar-refractivity contribution in [2.45, 2.75) is 289 Å². The van der Waals surface area contributed by atoms with Crippen molar-refractivity contribution in [3.05, 3.63) is 83.6 Å². The number of hydrogen-bond acceptors (Lipinski definition) is 6. The number of methoxy groups -OCH3 is 2. The molecule has 2 aromatic rings. The fourth-order valence-electron chi connectivity index (χ4n) is 13.1. The molecule has 77 heavy (non-hydrogen) atoms. The Hall–Kier alpha value is -4.20. The van der Waals surface area contributed by atoms with E-state index in [9.17, 15) is 19.8 Å². The number of nitrogens with zero attached hydrogens (tertiary/aromatic N) is 2. The zero-order valence-electron chi connectivity index (χ0n) is 50.1. The van der Waals surface area contributed by atoms with Crippen LogP contribution in [0.3, 0.4) is 0 Å². The number of rotatable bonds is 47. The van der Waals surface area contributed by atoms with Crippen LogP contribution in [0.2, 0.25) is 0 Å². The van der Waals surface area contributed by atoms with E-state index in [1.165, 1.54) is 197 Å². The van der Waals surface area contributed by atoms with E-state index in [1.807, 2.05) is 6.07 Å². The van der Waals surface area contributed by atoms with Crippen LogP contribution < -0.4 is 19.3 Å². The zero-order valence-corrected chi connectivity index (χ0v) is 50.1. The molecule has 8 heteroatoms. The van der Waals surface area contributed by atoms with E-state index in [4.69, 9.17) is 9.47 Å². The summed E-state index contributed by atoms with van der Waals surface area (Å²) in [6.07, 6.45) is 55.9. The fourth-order valence-corrected chi connectivity index (χ4v) is 13.1. The number of allylic oxidation sites excluding steroid dienone is 5. The van der Waals surface area contributed by atoms with Gasteiger partial charge in [-0.25, -0.2) is 0 Å². The third kappa shape index (κ3) is 21.4. The van der Waals surface area contributed by atoms with Gasteiger partial charge in [-0.05, 0) is 79.3 Å². The molecule has 0 fully saturated rings. The molecule has 0 aromatic heterocycles. The van der Waals surface area contributed by atoms with Crippen LogP contribution in [0.15, 0.2) is 72.5 Å². The maximum Gasteiger partial charge on any atom is 0.305 e. The summed E-state index contributed by atoms with van der Waals surface area (Å²) in [5, 5.41) is 20.3. The monoisotopic (exact) mass is 1060 g/mol. The first-order chi connectivity index (χ1) is 37.7. The highest BCUT2D eigenvalue weighted by Crippen LogP contribution is 2.56. The molecular weight excluding hydrogens is 953 g/mol. The molecule has 8 nitrogen and oxygen atoms in total. The Kier molecular flexibility index (Phi) is 32.6. The molecule has 1 unspecified atom stereocenters. The van der Waals surface area contributed by atoms with Gasteiger partial charge >= 0.3 is 11.9 Å². The minimum Gasteiger partial charge on any atom is -0.497 e. The van der Waals surface area contributed by atoms with Crippen LogP contribution >= 0.6 is 0 Å². The highest BCUT2D eigenvalue weighted by molar-refractivity contribution is 5.75. The molecule has 2 N–H and O–H groups in total. The molecule has 0 spiro atoms. The summed E-state index contributed by atoms with van der Waals surface area (Å²) in [4.78, 5) is 29.5. The maximum absolute atomic E-state index is 12.4. The first-order valence-electron chi connectivity index (χ1n) is 32.1. The van der Waals surface area contributed by atoms with Crippen molar-refractivity contribution >= 4 is 23.3 Å². The summed E-state index contributed by atoms with van der Waals surface area (Å²) in [7, 11) is 3.52. The predicted octanol–water partition coefficient (Wildman–Crippen LogP) is 20.0. The summed E-state index contributed by atoms with van der Waals surface area (Å²) >= 11 is 0. The van der Waals surface area contributed by atoms with Crippen LogP contribution in [0.4, 0.5) is 11.4 Å². The number of fused-ring (bicyclic) bond motifs is 2. The Morgan fingerprint density at radius 3 is 1.30 bits per heavy atom. The second-order valence-corrected chi connectivity index (χ2v) is 23.3. The largest absolute Gasteiger partial charge is 0.497 e. The molecule has 2 aromatic carbocycles. The maximum atomic E-state index is 12.4. The molecule has 0 radical (unpaired) electrons. The fraction of sp³-hybridized carbons (Fsp3) is 0.710. The highest BCUT2D eigenvalue weighted by atomic mass is 16.5. The smallest absolute Gasteiger partial charge is 0.305 e. The lowest BCUT2D eigenvalue weighted by molar-refractivity contribution is -0.137. The Balaban J connectivity index is 1.80. The second kappa shape index (κ2) is 38.4. The van der Waals surface area contributed by atoms with Gasteiger partial charge < -0.3 is 29.5 Å². The average Bonchev–Trinajstić information content (AvgIpc) is 3.84. The van der Waals surface area contributed by atoms with E-state index in [0.29, 0.717) is 13.1 Å². The van der Waals surface area contributed by atoms with Crippen LogP contribution in [-0.2, 0) is 20.4 Å². The van der Waals surface area contributed by atoms with Crippen LogP contribution in [0.5, 0.6) is 11.5 Å². The lowest BCUT2D eigenvalue weighted by Crippen LogP contribution is -2.44. The first-order valence-corrected chi connectivity index (χ1v) is 32.1. The molecule has 434 valence electrons. The van der Waals surface area contributed by atoms with E-state index >= 15 is 0 Å². The standard InChI is InChI=1S/C69H112N2O6/c1-7-11-15-19-23-27-31-38-50-68(51-39-32-28-24-20-16-12-8-2)60-56-58(76-5)44-46-62(60)70(54-48-66(72)73)64(68)42-36-35-37-43-65-69(52-40-33-29-25-21-17-13-9-3,53-41-34-30-26-22-18-14-10-4)61-57-59(77-6)45-47-63(61)71(65)55-49-67(74)75/h35-37,42-47,56-57,64H,7-34,38-41,48-55H2,1-6H3,(H,72,73)(H,74,75)/b37-35+,42-36+,65-43+. The van der Waals surface area contributed by atoms with Gasteiger partial charge in [-0.3, -0.25) is 9.59 Å². The molecule has 2 aliphatic rings. The van der Waals surface area contributed by atoms with E-state index in [2.05, 4.69) is 98.2 Å². The summed E-state index contributed by atoms with van der Waals surface area (Å²) < 4.78 is 11.9. The minimum atomic E-state index is -0.786. The third-order valence-electron chi connectivity index (χ3n) is 17.5. The predicted molar refractivity (Wildman–Crippen MR) is 328 cm³/mol. The molecule has 1 atom stereocenters. The van der Waals surface area contributed by atoms with E-state index in [-0.39, 0.29) is 29.7 Å². The highest BCUT2D eigenvalue weighted by Gasteiger charge is 2.49. The van der Waals surface area contributed by atoms with Crippen molar-refractivity contribution in [3.63, 3.8) is 0 Å². The van der Waals surface area contributed by atoms with Gasteiger partial charge in [0.15, 0.2) is 0 Å². The van der Waals surface area contributed by atoms with Crippen molar-refractivity contribution < 1.29 is 29.3 Å². The van der Waals surface area contributed by atoms with Crippen molar-refractivity contribution in [2.24, 2.45) is 0 Å². The molecule has 2 heterocycles. The van der Waals surface area contributed by atoms with Gasteiger partial charge in [-0.2, -0.15) is 0 Å². The van der Waals surface area contributed by atoms with Crippen LogP contribution in [0.1, 0.15) is 283 Å². The van der Waals surface area contributed by atoms with Crippen LogP contribution in [-0.4, -0.2) is 55.5 Å². The summed E-state index contributed by atoms with van der Waals surface area (Å²) in [5.41, 5.74) is 5.59. The Labute approximate surface area is 471 Å². The topological polar surface area (TPSA) is 99.5 Å². The molecule has 2 aliphatic heterocycles. The number of ether oxygens (including phenoxy) is 2. The van der Waals surface area contributed by atoms with E-state index in [1.54, 1.807) is 14.2 Å². The SMILES string of the molecule is CCCCCCCCCCC1(CCCCCCCCCC)\C(=C/C=C/C=C/C2N(CCC(=O)O)c3ccc(OC)cc3C2(CCCCCCCCCC)CCCCCCCCCC)N(CCC(=O)O)c2ccc(OC)cc21. The van der Waals surface area contributed by atoms with Gasteiger partial charge in [0.2, 0.25) is 0 Å². The number of benzene rings is 2. The lowest BCUT2D eigenvalue weighted by Gasteiger charge is -2.39. The molecular formula is C69H112N2O6. The van der Waals surface area contributed by atoms with Crippen molar-refractivity contribution in [1.82, 2.24) is 0 Å². The summed E-state index contributed by atoms with van der Waals surface area (Å²) in [6, 6.07) is 13.0. The number of aliphatic carboxylic acids is 2. The van der Waals surface area contributed by atoms with E-state index in [0.717, 1.165) is 74.2 Å². The zero-order chi connectivity index (χ0) is 55.4. The Bertz CT molecular complexity index is 1980. The Morgan fingerprint density at radius 2 is 0.870 bits per heavy atom. The first kappa shape index (κ1) is 65.3. The van der Waals surface area contributed by atoms with Crippen LogP contribution in [0.25, 0.3) is 0 Å². The van der Waals surface area contributed by atoms with Gasteiger partial charge in [-0.15, -0.1) is 0 Å². The summed E-state index contributed by atoms with van der Waals surface area (Å²) in [5.74, 6) is 0.150. The number of anilines is 2. The third-order valence-corrected chi connectivity index (χ3v) is 17.5. The lowest BCUT2D eigenvalue weighted by atomic mass is 9.69. The Morgan fingerprint density at radius 1 is 0.481 bits per heavy atom. The van der Waals surface area contributed by atoms with Gasteiger partial charge in [0.1, 0.15) is 11.5 Å². The van der Waals surface area contributed by atoms with Gasteiger partial charge in [-0.1, -0.05) is 257 Å². The van der Waals surface area contributed by atoms with E-state index < -0.39 is 11.9 Å². The van der Waals surface area contributed by atoms with Crippen molar-refractivity contribution in [2.75, 3.05) is 37.1 Å². The quantitative estimate of drug-likeness (QED) is 0.0500. The van der Waals surface area contributed by atoms with Gasteiger partial charge in [0, 0.05) is 41.0 Å². The minimum absolute atomic E-state index is 0.0198.